The average Bonchev–Trinajstić information content (AvgIpc) is 2.83. The number of likely N-dealkylation sites (tertiary alicyclic amines) is 1. The van der Waals surface area contributed by atoms with Crippen molar-refractivity contribution in [3.05, 3.63) is 16.1 Å². The van der Waals surface area contributed by atoms with Crippen molar-refractivity contribution in [3.63, 3.8) is 0 Å². The van der Waals surface area contributed by atoms with Gasteiger partial charge in [0.05, 0.1) is 23.4 Å². The highest BCUT2D eigenvalue weighted by atomic mass is 32.1. The molecule has 6 heteroatoms. The van der Waals surface area contributed by atoms with Gasteiger partial charge in [0.25, 0.3) is 5.91 Å². The molecular formula is C11H17N3O2S. The van der Waals surface area contributed by atoms with Gasteiger partial charge in [-0.25, -0.2) is 4.98 Å². The SMILES string of the molecule is Cc1ncsc1C(=O)N1C[C@@H](O)[C@H](N(C)C)C1. The first kappa shape index (κ1) is 12.5. The number of hydrogen-bond donors (Lipinski definition) is 1. The maximum atomic E-state index is 12.2. The number of amides is 1. The fraction of sp³-hybridized carbons (Fsp3) is 0.636. The fourth-order valence-electron chi connectivity index (χ4n) is 2.09. The van der Waals surface area contributed by atoms with Crippen LogP contribution < -0.4 is 0 Å². The number of aliphatic hydroxyl groups excluding tert-OH is 1. The van der Waals surface area contributed by atoms with E-state index in [0.29, 0.717) is 18.0 Å². The lowest BCUT2D eigenvalue weighted by Gasteiger charge is -2.21. The molecule has 0 saturated carbocycles. The Morgan fingerprint density at radius 2 is 2.29 bits per heavy atom. The lowest BCUT2D eigenvalue weighted by atomic mass is 10.2. The van der Waals surface area contributed by atoms with Crippen LogP contribution in [-0.2, 0) is 0 Å². The van der Waals surface area contributed by atoms with Crippen molar-refractivity contribution in [1.82, 2.24) is 14.8 Å². The van der Waals surface area contributed by atoms with Crippen molar-refractivity contribution >= 4 is 17.2 Å². The molecule has 0 bridgehead atoms. The van der Waals surface area contributed by atoms with Crippen molar-refractivity contribution in [2.75, 3.05) is 27.2 Å². The summed E-state index contributed by atoms with van der Waals surface area (Å²) in [6.45, 7) is 2.81. The van der Waals surface area contributed by atoms with Gasteiger partial charge in [0, 0.05) is 13.1 Å². The summed E-state index contributed by atoms with van der Waals surface area (Å²) in [4.78, 5) is 20.6. The standard InChI is InChI=1S/C11H17N3O2S/c1-7-10(17-6-12-7)11(16)14-4-8(13(2)3)9(15)5-14/h6,8-9,15H,4-5H2,1-3H3/t8-,9-/m1/s1. The summed E-state index contributed by atoms with van der Waals surface area (Å²) < 4.78 is 0. The van der Waals surface area contributed by atoms with Crippen LogP contribution in [0.4, 0.5) is 0 Å². The Morgan fingerprint density at radius 1 is 1.59 bits per heavy atom. The monoisotopic (exact) mass is 255 g/mol. The van der Waals surface area contributed by atoms with Gasteiger partial charge in [-0.15, -0.1) is 11.3 Å². The Hall–Kier alpha value is -0.980. The first-order valence-electron chi connectivity index (χ1n) is 5.54. The molecule has 1 aliphatic heterocycles. The van der Waals surface area contributed by atoms with Gasteiger partial charge in [0.2, 0.25) is 0 Å². The van der Waals surface area contributed by atoms with E-state index in [9.17, 15) is 9.90 Å². The molecule has 1 N–H and O–H groups in total. The molecule has 2 heterocycles. The van der Waals surface area contributed by atoms with E-state index in [2.05, 4.69) is 4.98 Å². The normalized spacial score (nSPS) is 24.6. The van der Waals surface area contributed by atoms with Crippen molar-refractivity contribution in [2.24, 2.45) is 0 Å². The molecule has 17 heavy (non-hydrogen) atoms. The number of rotatable bonds is 2. The number of β-amino-alcohol motifs (C(OH)–C–C–N with tert-alkyl or cyclic N) is 1. The topological polar surface area (TPSA) is 56.7 Å². The third-order valence-corrected chi connectivity index (χ3v) is 4.07. The summed E-state index contributed by atoms with van der Waals surface area (Å²) >= 11 is 1.36. The maximum absolute atomic E-state index is 12.2. The summed E-state index contributed by atoms with van der Waals surface area (Å²) in [5, 5.41) is 9.90. The van der Waals surface area contributed by atoms with Gasteiger partial charge in [0.1, 0.15) is 4.88 Å². The van der Waals surface area contributed by atoms with Gasteiger partial charge in [-0.05, 0) is 21.0 Å². The Morgan fingerprint density at radius 3 is 2.76 bits per heavy atom. The van der Waals surface area contributed by atoms with Crippen LogP contribution in [0.25, 0.3) is 0 Å². The smallest absolute Gasteiger partial charge is 0.265 e. The van der Waals surface area contributed by atoms with Crippen LogP contribution in [0, 0.1) is 6.92 Å². The molecular weight excluding hydrogens is 238 g/mol. The third kappa shape index (κ3) is 2.34. The second kappa shape index (κ2) is 4.72. The number of aryl methyl sites for hydroxylation is 1. The molecule has 0 aromatic carbocycles. The average molecular weight is 255 g/mol. The molecule has 5 nitrogen and oxygen atoms in total. The van der Waals surface area contributed by atoms with Crippen molar-refractivity contribution in [2.45, 2.75) is 19.1 Å². The Kier molecular flexibility index (Phi) is 3.46. The van der Waals surface area contributed by atoms with Gasteiger partial charge in [0.15, 0.2) is 0 Å². The van der Waals surface area contributed by atoms with E-state index in [1.807, 2.05) is 25.9 Å². The van der Waals surface area contributed by atoms with E-state index < -0.39 is 6.10 Å². The number of hydrogen-bond acceptors (Lipinski definition) is 5. The van der Waals surface area contributed by atoms with Crippen molar-refractivity contribution in [3.8, 4) is 0 Å². The number of nitrogens with zero attached hydrogens (tertiary/aromatic N) is 3. The number of carbonyl (C=O) groups excluding carboxylic acids is 1. The number of likely N-dealkylation sites (N-methyl/N-ethyl adjacent to an activating group) is 1. The molecule has 1 aromatic heterocycles. The zero-order valence-corrected chi connectivity index (χ0v) is 11.1. The zero-order valence-electron chi connectivity index (χ0n) is 10.3. The molecule has 0 radical (unpaired) electrons. The van der Waals surface area contributed by atoms with Crippen LogP contribution in [0.5, 0.6) is 0 Å². The quantitative estimate of drug-likeness (QED) is 0.820. The predicted octanol–water partition coefficient (Wildman–Crippen LogP) is 0.198. The summed E-state index contributed by atoms with van der Waals surface area (Å²) in [5.41, 5.74) is 2.45. The van der Waals surface area contributed by atoms with Gasteiger partial charge >= 0.3 is 0 Å². The molecule has 1 aromatic rings. The highest BCUT2D eigenvalue weighted by Crippen LogP contribution is 2.20. The van der Waals surface area contributed by atoms with Crippen LogP contribution in [0.15, 0.2) is 5.51 Å². The Labute approximate surface area is 105 Å². The fourth-order valence-corrected chi connectivity index (χ4v) is 2.86. The second-order valence-corrected chi connectivity index (χ2v) is 5.43. The molecule has 2 rings (SSSR count). The summed E-state index contributed by atoms with van der Waals surface area (Å²) in [5.74, 6) is -0.0200. The number of aliphatic hydroxyl groups is 1. The number of thiazole rings is 1. The van der Waals surface area contributed by atoms with Gasteiger partial charge in [-0.1, -0.05) is 0 Å². The molecule has 0 spiro atoms. The summed E-state index contributed by atoms with van der Waals surface area (Å²) in [6.07, 6.45) is -0.470. The molecule has 1 saturated heterocycles. The molecule has 0 aliphatic carbocycles. The van der Waals surface area contributed by atoms with E-state index in [4.69, 9.17) is 0 Å². The van der Waals surface area contributed by atoms with Crippen LogP contribution >= 0.6 is 11.3 Å². The lowest BCUT2D eigenvalue weighted by molar-refractivity contribution is 0.0767. The van der Waals surface area contributed by atoms with Gasteiger partial charge in [-0.2, -0.15) is 0 Å². The van der Waals surface area contributed by atoms with Crippen LogP contribution in [0.2, 0.25) is 0 Å². The van der Waals surface area contributed by atoms with Crippen molar-refractivity contribution < 1.29 is 9.90 Å². The molecule has 1 fully saturated rings. The summed E-state index contributed by atoms with van der Waals surface area (Å²) in [7, 11) is 3.83. The number of aromatic nitrogens is 1. The first-order chi connectivity index (χ1) is 8.00. The van der Waals surface area contributed by atoms with E-state index in [0.717, 1.165) is 5.69 Å². The summed E-state index contributed by atoms with van der Waals surface area (Å²) in [6, 6.07) is 0.0205. The van der Waals surface area contributed by atoms with Crippen LogP contribution in [0.1, 0.15) is 15.4 Å². The van der Waals surface area contributed by atoms with Gasteiger partial charge < -0.3 is 14.9 Å². The lowest BCUT2D eigenvalue weighted by Crippen LogP contribution is -2.38. The predicted molar refractivity (Wildman–Crippen MR) is 66.2 cm³/mol. The van der Waals surface area contributed by atoms with Crippen LogP contribution in [0.3, 0.4) is 0 Å². The van der Waals surface area contributed by atoms with Crippen LogP contribution in [-0.4, -0.2) is 65.1 Å². The first-order valence-corrected chi connectivity index (χ1v) is 6.42. The van der Waals surface area contributed by atoms with Crippen molar-refractivity contribution in [1.29, 1.82) is 0 Å². The van der Waals surface area contributed by atoms with E-state index in [1.54, 1.807) is 10.4 Å². The van der Waals surface area contributed by atoms with E-state index in [-0.39, 0.29) is 11.9 Å². The molecule has 1 amide bonds. The zero-order chi connectivity index (χ0) is 12.6. The van der Waals surface area contributed by atoms with Gasteiger partial charge in [-0.3, -0.25) is 4.79 Å². The minimum absolute atomic E-state index is 0.0200. The number of carbonyl (C=O) groups is 1. The highest BCUT2D eigenvalue weighted by molar-refractivity contribution is 7.11. The molecule has 0 unspecified atom stereocenters. The molecule has 2 atom stereocenters. The molecule has 94 valence electrons. The Balaban J connectivity index is 2.11. The minimum atomic E-state index is -0.470. The highest BCUT2D eigenvalue weighted by Gasteiger charge is 2.36. The Bertz CT molecular complexity index is 419. The molecule has 1 aliphatic rings. The third-order valence-electron chi connectivity index (χ3n) is 3.15. The second-order valence-electron chi connectivity index (χ2n) is 4.58. The minimum Gasteiger partial charge on any atom is -0.390 e. The van der Waals surface area contributed by atoms with E-state index >= 15 is 0 Å². The van der Waals surface area contributed by atoms with E-state index in [1.165, 1.54) is 11.3 Å². The maximum Gasteiger partial charge on any atom is 0.265 e. The largest absolute Gasteiger partial charge is 0.390 e.